The molecule has 2 aromatic heterocycles. The number of imidazole rings is 1. The number of rotatable bonds is 6. The fourth-order valence-electron chi connectivity index (χ4n) is 2.11. The highest BCUT2D eigenvalue weighted by Crippen LogP contribution is 2.16. The monoisotopic (exact) mass is 259 g/mol. The molecule has 0 amide bonds. The molecule has 0 saturated heterocycles. The molecule has 19 heavy (non-hydrogen) atoms. The average Bonchev–Trinajstić information content (AvgIpc) is 2.82. The van der Waals surface area contributed by atoms with E-state index in [9.17, 15) is 0 Å². The molecular formula is C14H21N5. The van der Waals surface area contributed by atoms with Crippen LogP contribution in [0, 0.1) is 6.92 Å². The molecular weight excluding hydrogens is 238 g/mol. The number of hydrogen-bond acceptors (Lipinski definition) is 4. The summed E-state index contributed by atoms with van der Waals surface area (Å²) in [6.45, 7) is 8.15. The largest absolute Gasteiger partial charge is 0.370 e. The molecule has 0 spiro atoms. The van der Waals surface area contributed by atoms with E-state index in [1.54, 1.807) is 6.33 Å². The number of anilines is 1. The number of aromatic nitrogens is 4. The summed E-state index contributed by atoms with van der Waals surface area (Å²) in [6.07, 6.45) is 7.36. The smallest absolute Gasteiger partial charge is 0.132 e. The van der Waals surface area contributed by atoms with Crippen LogP contribution in [0.3, 0.4) is 0 Å². The predicted octanol–water partition coefficient (Wildman–Crippen LogP) is 2.41. The molecule has 5 nitrogen and oxygen atoms in total. The van der Waals surface area contributed by atoms with Gasteiger partial charge in [0.1, 0.15) is 18.0 Å². The summed E-state index contributed by atoms with van der Waals surface area (Å²) in [5, 5.41) is 3.26. The summed E-state index contributed by atoms with van der Waals surface area (Å²) in [4.78, 5) is 13.1. The van der Waals surface area contributed by atoms with Crippen molar-refractivity contribution < 1.29 is 0 Å². The van der Waals surface area contributed by atoms with Crippen LogP contribution in [-0.4, -0.2) is 26.1 Å². The van der Waals surface area contributed by atoms with Crippen molar-refractivity contribution in [2.24, 2.45) is 0 Å². The highest BCUT2D eigenvalue weighted by Gasteiger charge is 2.10. The fraction of sp³-hybridized carbons (Fsp3) is 0.500. The first kappa shape index (κ1) is 13.5. The standard InChI is InChI=1S/C14H21N5/c1-4-7-19-8-6-16-13(19)9-12-11(3)14(15-5-2)18-10-17-12/h6,8,10H,4-5,7,9H2,1-3H3,(H,15,17,18). The lowest BCUT2D eigenvalue weighted by molar-refractivity contribution is 0.644. The van der Waals surface area contributed by atoms with Crippen molar-refractivity contribution in [2.45, 2.75) is 40.2 Å². The Kier molecular flexibility index (Phi) is 4.49. The van der Waals surface area contributed by atoms with Gasteiger partial charge in [-0.05, 0) is 20.3 Å². The number of nitrogens with zero attached hydrogens (tertiary/aromatic N) is 4. The van der Waals surface area contributed by atoms with Gasteiger partial charge in [0.05, 0.1) is 5.69 Å². The van der Waals surface area contributed by atoms with Crippen LogP contribution in [-0.2, 0) is 13.0 Å². The van der Waals surface area contributed by atoms with E-state index in [-0.39, 0.29) is 0 Å². The Morgan fingerprint density at radius 1 is 1.21 bits per heavy atom. The van der Waals surface area contributed by atoms with Crippen LogP contribution in [0.1, 0.15) is 37.4 Å². The van der Waals surface area contributed by atoms with E-state index in [0.717, 1.165) is 48.8 Å². The molecule has 0 aliphatic carbocycles. The topological polar surface area (TPSA) is 55.6 Å². The quantitative estimate of drug-likeness (QED) is 0.865. The molecule has 2 rings (SSSR count). The maximum Gasteiger partial charge on any atom is 0.132 e. The number of nitrogens with one attached hydrogen (secondary N) is 1. The van der Waals surface area contributed by atoms with Crippen molar-refractivity contribution in [1.29, 1.82) is 0 Å². The summed E-state index contributed by atoms with van der Waals surface area (Å²) in [7, 11) is 0. The van der Waals surface area contributed by atoms with E-state index in [2.05, 4.69) is 45.6 Å². The Labute approximate surface area is 114 Å². The molecule has 0 aliphatic heterocycles. The summed E-state index contributed by atoms with van der Waals surface area (Å²) >= 11 is 0. The van der Waals surface area contributed by atoms with E-state index >= 15 is 0 Å². The second-order valence-corrected chi connectivity index (χ2v) is 4.54. The lowest BCUT2D eigenvalue weighted by Crippen LogP contribution is -2.09. The minimum Gasteiger partial charge on any atom is -0.370 e. The fourth-order valence-corrected chi connectivity index (χ4v) is 2.11. The van der Waals surface area contributed by atoms with Crippen LogP contribution < -0.4 is 5.32 Å². The van der Waals surface area contributed by atoms with E-state index in [0.29, 0.717) is 0 Å². The summed E-state index contributed by atoms with van der Waals surface area (Å²) in [5.74, 6) is 1.98. The molecule has 0 aliphatic rings. The third-order valence-corrected chi connectivity index (χ3v) is 3.12. The van der Waals surface area contributed by atoms with Crippen LogP contribution in [0.4, 0.5) is 5.82 Å². The van der Waals surface area contributed by atoms with Gasteiger partial charge in [0.2, 0.25) is 0 Å². The van der Waals surface area contributed by atoms with Crippen molar-refractivity contribution in [3.8, 4) is 0 Å². The van der Waals surface area contributed by atoms with Gasteiger partial charge >= 0.3 is 0 Å². The Balaban J connectivity index is 2.23. The van der Waals surface area contributed by atoms with Crippen molar-refractivity contribution in [3.63, 3.8) is 0 Å². The molecule has 0 atom stereocenters. The second-order valence-electron chi connectivity index (χ2n) is 4.54. The maximum atomic E-state index is 4.43. The van der Waals surface area contributed by atoms with Gasteiger partial charge in [-0.1, -0.05) is 6.92 Å². The zero-order valence-corrected chi connectivity index (χ0v) is 11.8. The molecule has 1 N–H and O–H groups in total. The molecule has 0 saturated carbocycles. The summed E-state index contributed by atoms with van der Waals surface area (Å²) < 4.78 is 2.19. The van der Waals surface area contributed by atoms with Gasteiger partial charge in [0.15, 0.2) is 0 Å². The van der Waals surface area contributed by atoms with Gasteiger partial charge in [-0.15, -0.1) is 0 Å². The molecule has 0 fully saturated rings. The highest BCUT2D eigenvalue weighted by atomic mass is 15.1. The van der Waals surface area contributed by atoms with Crippen LogP contribution >= 0.6 is 0 Å². The van der Waals surface area contributed by atoms with Crippen LogP contribution in [0.15, 0.2) is 18.7 Å². The van der Waals surface area contributed by atoms with Gasteiger partial charge in [0.25, 0.3) is 0 Å². The van der Waals surface area contributed by atoms with Crippen molar-refractivity contribution in [3.05, 3.63) is 35.8 Å². The molecule has 102 valence electrons. The van der Waals surface area contributed by atoms with E-state index in [1.165, 1.54) is 0 Å². The molecule has 0 bridgehead atoms. The summed E-state index contributed by atoms with van der Waals surface area (Å²) in [5.41, 5.74) is 2.14. The van der Waals surface area contributed by atoms with Crippen LogP contribution in [0.5, 0.6) is 0 Å². The molecule has 0 unspecified atom stereocenters. The lowest BCUT2D eigenvalue weighted by Gasteiger charge is -2.11. The average molecular weight is 259 g/mol. The normalized spacial score (nSPS) is 10.7. The predicted molar refractivity (Wildman–Crippen MR) is 76.3 cm³/mol. The van der Waals surface area contributed by atoms with E-state index < -0.39 is 0 Å². The Bertz CT molecular complexity index is 532. The van der Waals surface area contributed by atoms with Crippen LogP contribution in [0.2, 0.25) is 0 Å². The van der Waals surface area contributed by atoms with E-state index in [1.807, 2.05) is 12.4 Å². The van der Waals surface area contributed by atoms with Gasteiger partial charge in [-0.25, -0.2) is 15.0 Å². The Morgan fingerprint density at radius 3 is 2.79 bits per heavy atom. The summed E-state index contributed by atoms with van der Waals surface area (Å²) in [6, 6.07) is 0. The van der Waals surface area contributed by atoms with Gasteiger partial charge in [-0.3, -0.25) is 0 Å². The molecule has 0 radical (unpaired) electrons. The highest BCUT2D eigenvalue weighted by molar-refractivity contribution is 5.45. The van der Waals surface area contributed by atoms with Crippen molar-refractivity contribution in [1.82, 2.24) is 19.5 Å². The zero-order chi connectivity index (χ0) is 13.7. The van der Waals surface area contributed by atoms with Gasteiger partial charge < -0.3 is 9.88 Å². The third-order valence-electron chi connectivity index (χ3n) is 3.12. The first-order valence-electron chi connectivity index (χ1n) is 6.80. The Morgan fingerprint density at radius 2 is 2.05 bits per heavy atom. The maximum absolute atomic E-state index is 4.43. The second kappa shape index (κ2) is 6.31. The molecule has 0 aromatic carbocycles. The van der Waals surface area contributed by atoms with Crippen molar-refractivity contribution in [2.75, 3.05) is 11.9 Å². The van der Waals surface area contributed by atoms with E-state index in [4.69, 9.17) is 0 Å². The third kappa shape index (κ3) is 3.10. The van der Waals surface area contributed by atoms with Crippen molar-refractivity contribution >= 4 is 5.82 Å². The first-order chi connectivity index (χ1) is 9.26. The number of aryl methyl sites for hydroxylation is 1. The van der Waals surface area contributed by atoms with Gasteiger partial charge in [-0.2, -0.15) is 0 Å². The zero-order valence-electron chi connectivity index (χ0n) is 11.8. The molecule has 2 aromatic rings. The number of hydrogen-bond donors (Lipinski definition) is 1. The van der Waals surface area contributed by atoms with Gasteiger partial charge in [0, 0.05) is 37.5 Å². The lowest BCUT2D eigenvalue weighted by atomic mass is 10.1. The molecule has 5 heteroatoms. The minimum atomic E-state index is 0.750. The van der Waals surface area contributed by atoms with Crippen LogP contribution in [0.25, 0.3) is 0 Å². The first-order valence-corrected chi connectivity index (χ1v) is 6.80. The minimum absolute atomic E-state index is 0.750. The Hall–Kier alpha value is -1.91. The molecule has 2 heterocycles. The SMILES string of the molecule is CCCn1ccnc1Cc1ncnc(NCC)c1C.